The normalized spacial score (nSPS) is 11.7. The molecule has 0 radical (unpaired) electrons. The lowest BCUT2D eigenvalue weighted by atomic mass is 10.3. The van der Waals surface area contributed by atoms with Crippen molar-refractivity contribution in [2.45, 2.75) is 31.2 Å². The molecular formula is C21H25FN4O4S. The van der Waals surface area contributed by atoms with Crippen molar-refractivity contribution in [1.82, 2.24) is 14.3 Å². The fourth-order valence-electron chi connectivity index (χ4n) is 3.05. The molecule has 31 heavy (non-hydrogen) atoms. The Hall–Kier alpha value is -2.82. The number of hydrogen-bond acceptors (Lipinski definition) is 5. The van der Waals surface area contributed by atoms with Gasteiger partial charge in [-0.05, 0) is 49.7 Å². The predicted molar refractivity (Wildman–Crippen MR) is 116 cm³/mol. The second-order valence-electron chi connectivity index (χ2n) is 6.78. The second kappa shape index (κ2) is 10.5. The number of rotatable bonds is 11. The third-order valence-corrected chi connectivity index (χ3v) is 6.03. The summed E-state index contributed by atoms with van der Waals surface area (Å²) < 4.78 is 47.1. The number of hydrogen-bond donors (Lipinski definition) is 2. The van der Waals surface area contributed by atoms with Crippen LogP contribution in [0.15, 0.2) is 53.4 Å². The standard InChI is InChI=1S/C21H25FN4O4S/c1-2-30-15-5-14-26-19-7-4-3-6-18(19)24-21(26)25-20(27)12-13-23-31(28,29)17-10-8-16(22)9-11-17/h3-4,6-11,23H,2,5,12-15H2,1H3,(H,24,25,27). The van der Waals surface area contributed by atoms with Crippen molar-refractivity contribution >= 4 is 32.9 Å². The molecule has 3 rings (SSSR count). The molecule has 0 bridgehead atoms. The number of anilines is 1. The Morgan fingerprint density at radius 3 is 2.65 bits per heavy atom. The molecule has 0 unspecified atom stereocenters. The van der Waals surface area contributed by atoms with Crippen molar-refractivity contribution < 1.29 is 22.3 Å². The number of carbonyl (C=O) groups is 1. The van der Waals surface area contributed by atoms with E-state index < -0.39 is 15.8 Å². The summed E-state index contributed by atoms with van der Waals surface area (Å²) >= 11 is 0. The van der Waals surface area contributed by atoms with Gasteiger partial charge >= 0.3 is 0 Å². The highest BCUT2D eigenvalue weighted by atomic mass is 32.2. The van der Waals surface area contributed by atoms with Crippen molar-refractivity contribution in [2.24, 2.45) is 0 Å². The number of halogens is 1. The maximum atomic E-state index is 13.0. The minimum absolute atomic E-state index is 0.0644. The lowest BCUT2D eigenvalue weighted by Gasteiger charge is -2.11. The van der Waals surface area contributed by atoms with Crippen LogP contribution in [0.2, 0.25) is 0 Å². The summed E-state index contributed by atoms with van der Waals surface area (Å²) in [6, 6.07) is 12.0. The number of aromatic nitrogens is 2. The van der Waals surface area contributed by atoms with Gasteiger partial charge in [0.25, 0.3) is 0 Å². The number of sulfonamides is 1. The summed E-state index contributed by atoms with van der Waals surface area (Å²) in [6.07, 6.45) is 0.678. The molecule has 0 saturated carbocycles. The molecule has 0 atom stereocenters. The van der Waals surface area contributed by atoms with Crippen LogP contribution in [0.4, 0.5) is 10.3 Å². The summed E-state index contributed by atoms with van der Waals surface area (Å²) in [7, 11) is -3.82. The van der Waals surface area contributed by atoms with Gasteiger partial charge < -0.3 is 9.30 Å². The average Bonchev–Trinajstić information content (AvgIpc) is 3.08. The van der Waals surface area contributed by atoms with Crippen LogP contribution in [0.1, 0.15) is 19.8 Å². The van der Waals surface area contributed by atoms with E-state index in [1.165, 1.54) is 12.1 Å². The van der Waals surface area contributed by atoms with E-state index in [1.807, 2.05) is 35.8 Å². The SMILES string of the molecule is CCOCCCn1c(NC(=O)CCNS(=O)(=O)c2ccc(F)cc2)nc2ccccc21. The fraction of sp³-hybridized carbons (Fsp3) is 0.333. The number of carbonyl (C=O) groups excluding carboxylic acids is 1. The number of nitrogens with zero attached hydrogens (tertiary/aromatic N) is 2. The summed E-state index contributed by atoms with van der Waals surface area (Å²) in [6.45, 7) is 3.69. The maximum Gasteiger partial charge on any atom is 0.240 e. The topological polar surface area (TPSA) is 102 Å². The molecule has 0 aliphatic carbocycles. The summed E-state index contributed by atoms with van der Waals surface area (Å²) in [5, 5.41) is 2.76. The van der Waals surface area contributed by atoms with Gasteiger partial charge in [-0.1, -0.05) is 12.1 Å². The Kier molecular flexibility index (Phi) is 7.72. The van der Waals surface area contributed by atoms with E-state index in [0.717, 1.165) is 29.6 Å². The van der Waals surface area contributed by atoms with Gasteiger partial charge in [-0.15, -0.1) is 0 Å². The molecule has 8 nitrogen and oxygen atoms in total. The molecule has 0 saturated heterocycles. The zero-order valence-electron chi connectivity index (χ0n) is 17.2. The number of imidazole rings is 1. The van der Waals surface area contributed by atoms with Gasteiger partial charge in [0, 0.05) is 32.7 Å². The Morgan fingerprint density at radius 1 is 1.16 bits per heavy atom. The molecule has 166 valence electrons. The van der Waals surface area contributed by atoms with Crippen molar-refractivity contribution in [3.63, 3.8) is 0 Å². The van der Waals surface area contributed by atoms with Crippen molar-refractivity contribution in [3.05, 3.63) is 54.3 Å². The first kappa shape index (κ1) is 22.9. The third kappa shape index (κ3) is 6.09. The molecule has 0 fully saturated rings. The number of benzene rings is 2. The first-order chi connectivity index (χ1) is 14.9. The second-order valence-corrected chi connectivity index (χ2v) is 8.54. The molecular weight excluding hydrogens is 423 g/mol. The van der Waals surface area contributed by atoms with Gasteiger partial charge in [-0.3, -0.25) is 10.1 Å². The number of para-hydroxylation sites is 2. The molecule has 0 spiro atoms. The monoisotopic (exact) mass is 448 g/mol. The summed E-state index contributed by atoms with van der Waals surface area (Å²) in [4.78, 5) is 16.8. The van der Waals surface area contributed by atoms with E-state index in [-0.39, 0.29) is 23.8 Å². The van der Waals surface area contributed by atoms with Crippen LogP contribution < -0.4 is 10.0 Å². The molecule has 2 N–H and O–H groups in total. The van der Waals surface area contributed by atoms with E-state index in [4.69, 9.17) is 4.74 Å². The van der Waals surface area contributed by atoms with Crippen LogP contribution in [0.3, 0.4) is 0 Å². The highest BCUT2D eigenvalue weighted by Gasteiger charge is 2.16. The molecule has 3 aromatic rings. The molecule has 0 aliphatic heterocycles. The molecule has 10 heteroatoms. The van der Waals surface area contributed by atoms with E-state index >= 15 is 0 Å². The predicted octanol–water partition coefficient (Wildman–Crippen LogP) is 2.91. The highest BCUT2D eigenvalue weighted by Crippen LogP contribution is 2.20. The zero-order chi connectivity index (χ0) is 22.3. The lowest BCUT2D eigenvalue weighted by Crippen LogP contribution is -2.28. The summed E-state index contributed by atoms with van der Waals surface area (Å²) in [5.41, 5.74) is 1.65. The molecule has 1 amide bonds. The van der Waals surface area contributed by atoms with Crippen LogP contribution in [0, 0.1) is 5.82 Å². The van der Waals surface area contributed by atoms with Crippen LogP contribution in [0.5, 0.6) is 0 Å². The van der Waals surface area contributed by atoms with Gasteiger partial charge in [0.15, 0.2) is 0 Å². The highest BCUT2D eigenvalue weighted by molar-refractivity contribution is 7.89. The number of nitrogens with one attached hydrogen (secondary N) is 2. The minimum atomic E-state index is -3.82. The first-order valence-electron chi connectivity index (χ1n) is 9.99. The maximum absolute atomic E-state index is 13.0. The van der Waals surface area contributed by atoms with Crippen molar-refractivity contribution in [3.8, 4) is 0 Å². The number of aryl methyl sites for hydroxylation is 1. The smallest absolute Gasteiger partial charge is 0.240 e. The van der Waals surface area contributed by atoms with Gasteiger partial charge in [0.05, 0.1) is 15.9 Å². The van der Waals surface area contributed by atoms with Crippen molar-refractivity contribution in [2.75, 3.05) is 25.1 Å². The van der Waals surface area contributed by atoms with Crippen molar-refractivity contribution in [1.29, 1.82) is 0 Å². The van der Waals surface area contributed by atoms with Gasteiger partial charge in [0.1, 0.15) is 5.82 Å². The third-order valence-electron chi connectivity index (χ3n) is 4.55. The fourth-order valence-corrected chi connectivity index (χ4v) is 4.08. The Bertz CT molecular complexity index is 1130. The van der Waals surface area contributed by atoms with Gasteiger partial charge in [-0.2, -0.15) is 0 Å². The Morgan fingerprint density at radius 2 is 1.90 bits per heavy atom. The molecule has 0 aliphatic rings. The van der Waals surface area contributed by atoms with Crippen LogP contribution in [0.25, 0.3) is 11.0 Å². The zero-order valence-corrected chi connectivity index (χ0v) is 18.0. The summed E-state index contributed by atoms with van der Waals surface area (Å²) in [5.74, 6) is -0.491. The molecule has 1 aromatic heterocycles. The lowest BCUT2D eigenvalue weighted by molar-refractivity contribution is -0.116. The van der Waals surface area contributed by atoms with E-state index in [9.17, 15) is 17.6 Å². The molecule has 1 heterocycles. The quantitative estimate of drug-likeness (QED) is 0.439. The van der Waals surface area contributed by atoms with Gasteiger partial charge in [0.2, 0.25) is 21.9 Å². The van der Waals surface area contributed by atoms with Crippen LogP contribution in [-0.2, 0) is 26.1 Å². The first-order valence-corrected chi connectivity index (χ1v) is 11.5. The Balaban J connectivity index is 1.61. The van der Waals surface area contributed by atoms with E-state index in [0.29, 0.717) is 25.7 Å². The molecule has 2 aromatic carbocycles. The van der Waals surface area contributed by atoms with E-state index in [1.54, 1.807) is 0 Å². The largest absolute Gasteiger partial charge is 0.382 e. The van der Waals surface area contributed by atoms with E-state index in [2.05, 4.69) is 15.0 Å². The number of amides is 1. The Labute approximate surface area is 180 Å². The minimum Gasteiger partial charge on any atom is -0.382 e. The van der Waals surface area contributed by atoms with Crippen LogP contribution in [-0.4, -0.2) is 43.6 Å². The number of ether oxygens (including phenoxy) is 1. The van der Waals surface area contributed by atoms with Crippen LogP contribution >= 0.6 is 0 Å². The average molecular weight is 449 g/mol. The van der Waals surface area contributed by atoms with Gasteiger partial charge in [-0.25, -0.2) is 22.5 Å². The number of fused-ring (bicyclic) bond motifs is 1.